The van der Waals surface area contributed by atoms with Gasteiger partial charge in [0, 0.05) is 51.3 Å². The highest BCUT2D eigenvalue weighted by Gasteiger charge is 2.29. The number of nitrogens with one attached hydrogen (secondary N) is 2. The first-order valence-electron chi connectivity index (χ1n) is 12.6. The number of amides is 2. The number of likely N-dealkylation sites (N-methyl/N-ethyl adjacent to an activating group) is 2. The molecule has 0 bridgehead atoms. The molecule has 1 aliphatic rings. The van der Waals surface area contributed by atoms with Crippen LogP contribution in [0, 0.1) is 11.3 Å². The molecule has 1 aliphatic heterocycles. The van der Waals surface area contributed by atoms with Gasteiger partial charge in [-0.05, 0) is 49.5 Å². The third-order valence-electron chi connectivity index (χ3n) is 6.30. The molecular formula is C26H34ClN7O5S. The Bertz CT molecular complexity index is 1330. The minimum atomic E-state index is -3.31. The molecule has 1 saturated heterocycles. The zero-order valence-corrected chi connectivity index (χ0v) is 24.3. The largest absolute Gasteiger partial charge is 0.455 e. The lowest BCUT2D eigenvalue weighted by molar-refractivity contribution is -0.146. The molecule has 40 heavy (non-hydrogen) atoms. The van der Waals surface area contributed by atoms with E-state index in [4.69, 9.17) is 16.3 Å². The molecule has 0 unspecified atom stereocenters. The Morgan fingerprint density at radius 3 is 2.35 bits per heavy atom. The van der Waals surface area contributed by atoms with E-state index >= 15 is 0 Å². The van der Waals surface area contributed by atoms with E-state index in [9.17, 15) is 23.3 Å². The summed E-state index contributed by atoms with van der Waals surface area (Å²) in [5.74, 6) is 0.199. The highest BCUT2D eigenvalue weighted by Crippen LogP contribution is 2.34. The highest BCUT2D eigenvalue weighted by molar-refractivity contribution is 7.88. The number of halogens is 1. The van der Waals surface area contributed by atoms with E-state index in [1.54, 1.807) is 66.5 Å². The second-order valence-corrected chi connectivity index (χ2v) is 11.6. The van der Waals surface area contributed by atoms with Gasteiger partial charge in [0.25, 0.3) is 5.91 Å². The van der Waals surface area contributed by atoms with Crippen molar-refractivity contribution < 1.29 is 22.7 Å². The molecule has 2 aromatic rings. The van der Waals surface area contributed by atoms with Gasteiger partial charge in [-0.1, -0.05) is 11.6 Å². The molecule has 2 N–H and O–H groups in total. The van der Waals surface area contributed by atoms with Crippen LogP contribution in [0.1, 0.15) is 5.56 Å². The highest BCUT2D eigenvalue weighted by atomic mass is 35.5. The molecule has 1 heterocycles. The molecule has 216 valence electrons. The number of anilines is 1. The Kier molecular flexibility index (Phi) is 11.1. The third-order valence-corrected chi connectivity index (χ3v) is 7.85. The molecule has 0 spiro atoms. The lowest BCUT2D eigenvalue weighted by Crippen LogP contribution is -2.56. The van der Waals surface area contributed by atoms with Crippen LogP contribution < -0.4 is 20.3 Å². The van der Waals surface area contributed by atoms with Gasteiger partial charge >= 0.3 is 0 Å². The summed E-state index contributed by atoms with van der Waals surface area (Å²) in [7, 11) is 0.0711. The van der Waals surface area contributed by atoms with E-state index in [-0.39, 0.29) is 38.0 Å². The van der Waals surface area contributed by atoms with Gasteiger partial charge in [-0.25, -0.2) is 13.4 Å². The monoisotopic (exact) mass is 591 g/mol. The fourth-order valence-corrected chi connectivity index (χ4v) is 5.02. The summed E-state index contributed by atoms with van der Waals surface area (Å²) in [5.41, 5.74) is 0.721. The predicted octanol–water partition coefficient (Wildman–Crippen LogP) is 1.10. The number of hydrogen-bond acceptors (Lipinski definition) is 9. The molecule has 2 aromatic carbocycles. The van der Waals surface area contributed by atoms with Crippen LogP contribution in [0.4, 0.5) is 5.69 Å². The first-order chi connectivity index (χ1) is 19.0. The maximum atomic E-state index is 13.5. The average Bonchev–Trinajstić information content (AvgIpc) is 2.93. The predicted molar refractivity (Wildman–Crippen MR) is 153 cm³/mol. The van der Waals surface area contributed by atoms with Crippen LogP contribution >= 0.6 is 11.6 Å². The Balaban J connectivity index is 1.86. The van der Waals surface area contributed by atoms with E-state index in [2.05, 4.69) is 16.7 Å². The number of rotatable bonds is 12. The summed E-state index contributed by atoms with van der Waals surface area (Å²) >= 11 is 6.00. The molecule has 2 amide bonds. The number of nitrogens with zero attached hydrogens (tertiary/aromatic N) is 5. The van der Waals surface area contributed by atoms with Crippen molar-refractivity contribution in [2.45, 2.75) is 0 Å². The van der Waals surface area contributed by atoms with Gasteiger partial charge < -0.3 is 20.3 Å². The summed E-state index contributed by atoms with van der Waals surface area (Å²) in [6.07, 6.45) is 1.16. The van der Waals surface area contributed by atoms with Crippen molar-refractivity contribution in [3.8, 4) is 17.6 Å². The number of nitriles is 1. The van der Waals surface area contributed by atoms with E-state index < -0.39 is 10.0 Å². The minimum absolute atomic E-state index is 0.170. The lowest BCUT2D eigenvalue weighted by Gasteiger charge is -2.39. The summed E-state index contributed by atoms with van der Waals surface area (Å²) in [6, 6.07) is 13.6. The third kappa shape index (κ3) is 8.80. The zero-order chi connectivity index (χ0) is 29.3. The first-order valence-corrected chi connectivity index (χ1v) is 14.8. The van der Waals surface area contributed by atoms with Crippen LogP contribution in [0.5, 0.6) is 11.5 Å². The average molecular weight is 592 g/mol. The topological polar surface area (TPSA) is 138 Å². The summed E-state index contributed by atoms with van der Waals surface area (Å²) < 4.78 is 31.2. The smallest absolute Gasteiger partial charge is 0.256 e. The van der Waals surface area contributed by atoms with Crippen molar-refractivity contribution in [2.24, 2.45) is 0 Å². The number of sulfonamides is 1. The van der Waals surface area contributed by atoms with Gasteiger partial charge in [0.1, 0.15) is 5.75 Å². The Morgan fingerprint density at radius 1 is 1.07 bits per heavy atom. The molecule has 3 rings (SSSR count). The molecule has 0 aromatic heterocycles. The van der Waals surface area contributed by atoms with E-state index in [0.717, 1.165) is 6.26 Å². The second-order valence-electron chi connectivity index (χ2n) is 9.19. The number of carbonyl (C=O) groups is 2. The van der Waals surface area contributed by atoms with Crippen LogP contribution in [0.3, 0.4) is 0 Å². The lowest BCUT2D eigenvalue weighted by atomic mass is 10.1. The number of hydrogen-bond donors (Lipinski definition) is 2. The second kappa shape index (κ2) is 14.3. The van der Waals surface area contributed by atoms with Crippen LogP contribution in [-0.2, 0) is 19.6 Å². The van der Waals surface area contributed by atoms with E-state index in [1.807, 2.05) is 0 Å². The molecule has 12 nitrogen and oxygen atoms in total. The van der Waals surface area contributed by atoms with Crippen LogP contribution in [-0.4, -0.2) is 107 Å². The van der Waals surface area contributed by atoms with E-state index in [1.165, 1.54) is 9.31 Å². The number of carbonyl (C=O) groups excluding carboxylic acids is 2. The maximum absolute atomic E-state index is 13.5. The molecule has 1 fully saturated rings. The van der Waals surface area contributed by atoms with Gasteiger partial charge in [0.2, 0.25) is 15.9 Å². The van der Waals surface area contributed by atoms with Crippen molar-refractivity contribution in [3.05, 3.63) is 53.1 Å². The molecule has 14 heteroatoms. The Hall–Kier alpha value is -3.41. The molecular weight excluding hydrogens is 558 g/mol. The van der Waals surface area contributed by atoms with Gasteiger partial charge in [0.05, 0.1) is 36.7 Å². The quantitative estimate of drug-likeness (QED) is 0.347. The zero-order valence-electron chi connectivity index (χ0n) is 22.8. The van der Waals surface area contributed by atoms with Crippen molar-refractivity contribution in [1.29, 1.82) is 5.26 Å². The Morgan fingerprint density at radius 2 is 1.75 bits per heavy atom. The number of benzene rings is 2. The molecule has 0 radical (unpaired) electrons. The van der Waals surface area contributed by atoms with E-state index in [0.29, 0.717) is 54.0 Å². The van der Waals surface area contributed by atoms with Crippen LogP contribution in [0.15, 0.2) is 42.5 Å². The molecule has 0 saturated carbocycles. The molecule has 0 aliphatic carbocycles. The maximum Gasteiger partial charge on any atom is 0.256 e. The first kappa shape index (κ1) is 31.1. The van der Waals surface area contributed by atoms with Crippen LogP contribution in [0.25, 0.3) is 0 Å². The molecule has 0 atom stereocenters. The summed E-state index contributed by atoms with van der Waals surface area (Å²) in [6.45, 7) is 1.80. The van der Waals surface area contributed by atoms with Crippen molar-refractivity contribution in [1.82, 2.24) is 25.0 Å². The Labute approximate surface area is 240 Å². The number of ether oxygens (including phenoxy) is 1. The van der Waals surface area contributed by atoms with Crippen molar-refractivity contribution >= 4 is 39.1 Å². The minimum Gasteiger partial charge on any atom is -0.455 e. The fourth-order valence-electron chi connectivity index (χ4n) is 4.06. The number of piperazine rings is 1. The normalized spacial score (nSPS) is 14.3. The van der Waals surface area contributed by atoms with Gasteiger partial charge in [-0.2, -0.15) is 9.57 Å². The summed E-state index contributed by atoms with van der Waals surface area (Å²) in [4.78, 5) is 27.9. The van der Waals surface area contributed by atoms with Gasteiger partial charge in [0.15, 0.2) is 5.75 Å². The van der Waals surface area contributed by atoms with Gasteiger partial charge in [-0.3, -0.25) is 14.6 Å². The van der Waals surface area contributed by atoms with Crippen LogP contribution in [0.2, 0.25) is 5.02 Å². The van der Waals surface area contributed by atoms with Crippen molar-refractivity contribution in [3.63, 3.8) is 0 Å². The fraction of sp³-hybridized carbons (Fsp3) is 0.423. The number of hydrazine groups is 1. The SMILES string of the molecule is CNCCNC(=O)CN(CC(=O)N(C)N1CCN(S(C)(=O)=O)CC1)c1cc(C#N)ccc1Oc1ccc(Cl)cc1. The summed E-state index contributed by atoms with van der Waals surface area (Å²) in [5, 5.41) is 19.1. The standard InChI is InChI=1S/C26H34ClN7O5S/c1-29-10-11-30-25(35)18-32(19-26(36)31(2)33-12-14-34(15-13-33)40(3,37)38)23-16-20(17-28)4-9-24(23)39-22-7-5-21(27)6-8-22/h4-9,16,29H,10-15,18-19H2,1-3H3,(H,30,35). The van der Waals surface area contributed by atoms with Gasteiger partial charge in [-0.15, -0.1) is 0 Å². The van der Waals surface area contributed by atoms with Crippen molar-refractivity contribution in [2.75, 3.05) is 77.6 Å².